The van der Waals surface area contributed by atoms with E-state index in [1.807, 2.05) is 0 Å². The molecule has 6 heavy (non-hydrogen) atoms. The van der Waals surface area contributed by atoms with Gasteiger partial charge in [0.15, 0.2) is 0 Å². The van der Waals surface area contributed by atoms with Crippen molar-refractivity contribution in [1.82, 2.24) is 0 Å². The predicted molar refractivity (Wildman–Crippen MR) is 30.0 cm³/mol. The van der Waals surface area contributed by atoms with Crippen molar-refractivity contribution in [3.63, 3.8) is 0 Å². The van der Waals surface area contributed by atoms with E-state index in [1.165, 1.54) is 0 Å². The Morgan fingerprint density at radius 1 is 1.50 bits per heavy atom. The van der Waals surface area contributed by atoms with Gasteiger partial charge in [0.05, 0.1) is 0 Å². The van der Waals surface area contributed by atoms with Crippen LogP contribution < -0.4 is 0 Å². The fourth-order valence-corrected chi connectivity index (χ4v) is 0. The van der Waals surface area contributed by atoms with Gasteiger partial charge in [0, 0.05) is 0 Å². The van der Waals surface area contributed by atoms with Crippen molar-refractivity contribution < 1.29 is 17.2 Å². The molecule has 0 rings (SSSR count). The van der Waals surface area contributed by atoms with Crippen LogP contribution in [-0.4, -0.2) is 64.9 Å². The Labute approximate surface area is 79.8 Å². The Balaban J connectivity index is -0.00000000750. The largest absolute Gasteiger partial charge is 2.00 e. The first-order valence-corrected chi connectivity index (χ1v) is 1.95. The molecular weight excluding hydrogens is 146 g/mol. The summed E-state index contributed by atoms with van der Waals surface area (Å²) in [7, 11) is -3.13. The van der Waals surface area contributed by atoms with E-state index in [2.05, 4.69) is 0 Å². The molecule has 0 aromatic rings. The molecule has 0 atom stereocenters. The second-order valence-corrected chi connectivity index (χ2v) is 0.848. The molecule has 0 aromatic carbocycles. The summed E-state index contributed by atoms with van der Waals surface area (Å²) in [6.07, 6.45) is 0. The van der Waals surface area contributed by atoms with E-state index in [-0.39, 0.29) is 58.0 Å². The van der Waals surface area contributed by atoms with Crippen LogP contribution in [0.15, 0.2) is 0 Å². The van der Waals surface area contributed by atoms with Crippen LogP contribution in [0, 0.1) is 0 Å². The van der Waals surface area contributed by atoms with Gasteiger partial charge in [-0.05, 0) is 0 Å². The zero-order valence-corrected chi connectivity index (χ0v) is 8.72. The topological polar surface area (TPSA) is 57.5 Å². The van der Waals surface area contributed by atoms with Crippen LogP contribution in [0.25, 0.3) is 0 Å². The van der Waals surface area contributed by atoms with Crippen LogP contribution >= 0.6 is 8.25 Å². The molecule has 0 aromatic heterocycles. The Hall–Kier alpha value is 1.94. The van der Waals surface area contributed by atoms with Gasteiger partial charge in [0.25, 0.3) is 0 Å². The Kier molecular flexibility index (Phi) is 26.2. The monoisotopic (exact) mass is 153 g/mol. The minimum atomic E-state index is -3.13. The van der Waals surface area contributed by atoms with Gasteiger partial charge in [-0.1, -0.05) is 0 Å². The van der Waals surface area contributed by atoms with Gasteiger partial charge >= 0.3 is 46.0 Å². The zero-order chi connectivity index (χ0) is 3.58. The van der Waals surface area contributed by atoms with E-state index in [0.29, 0.717) is 0 Å². The standard InChI is InChI=1S/Al.Ca.H3O3P.4H/c;;1-4(2)3;;;;/h;;4H,(H2,1,2,3);;;;/q;+2;;;;2*-1. The van der Waals surface area contributed by atoms with Crippen molar-refractivity contribution >= 4 is 63.4 Å². The van der Waals surface area contributed by atoms with E-state index < -0.39 is 8.25 Å². The van der Waals surface area contributed by atoms with Crippen molar-refractivity contribution in [1.29, 1.82) is 0 Å². The van der Waals surface area contributed by atoms with E-state index in [9.17, 15) is 0 Å². The molecule has 3 nitrogen and oxygen atoms in total. The second kappa shape index (κ2) is 10.0. The third-order valence-corrected chi connectivity index (χ3v) is 0. The summed E-state index contributed by atoms with van der Waals surface area (Å²) in [5.74, 6) is 0. The molecule has 1 radical (unpaired) electrons. The van der Waals surface area contributed by atoms with Crippen LogP contribution in [0.4, 0.5) is 0 Å². The molecule has 0 saturated heterocycles. The summed E-state index contributed by atoms with van der Waals surface area (Å²) in [6.45, 7) is 0. The van der Waals surface area contributed by atoms with Crippen LogP contribution in [0.5, 0.6) is 0 Å². The Morgan fingerprint density at radius 3 is 1.50 bits per heavy atom. The van der Waals surface area contributed by atoms with Gasteiger partial charge in [-0.3, -0.25) is 4.57 Å². The molecular formula is H7AlCaO3P. The average Bonchev–Trinajstić information content (AvgIpc) is 0.811. The van der Waals surface area contributed by atoms with Crippen molar-refractivity contribution in [2.75, 3.05) is 0 Å². The van der Waals surface area contributed by atoms with Gasteiger partial charge in [0.2, 0.25) is 0 Å². The Morgan fingerprint density at radius 2 is 1.50 bits per heavy atom. The van der Waals surface area contributed by atoms with Gasteiger partial charge in [0.1, 0.15) is 17.4 Å². The minimum absolute atomic E-state index is 0. The number of hydrogen-bond donors (Lipinski definition) is 2. The summed E-state index contributed by atoms with van der Waals surface area (Å²) < 4.78 is 8.74. The SMILES string of the molecule is O=[PH](O)O.[AlH2].[Ca+2].[H-].[H-]. The molecule has 0 aliphatic rings. The first-order chi connectivity index (χ1) is 1.73. The summed E-state index contributed by atoms with van der Waals surface area (Å²) in [6, 6.07) is 0. The smallest absolute Gasteiger partial charge is 1.00 e. The van der Waals surface area contributed by atoms with Crippen LogP contribution in [0.1, 0.15) is 2.85 Å². The third kappa shape index (κ3) is 38.5. The summed E-state index contributed by atoms with van der Waals surface area (Å²) in [4.78, 5) is 14.3. The maximum absolute atomic E-state index is 8.74. The third-order valence-electron chi connectivity index (χ3n) is 0. The van der Waals surface area contributed by atoms with Crippen molar-refractivity contribution in [3.05, 3.63) is 0 Å². The van der Waals surface area contributed by atoms with Crippen molar-refractivity contribution in [2.24, 2.45) is 0 Å². The van der Waals surface area contributed by atoms with Crippen LogP contribution in [0.2, 0.25) is 0 Å². The van der Waals surface area contributed by atoms with E-state index in [4.69, 9.17) is 14.4 Å². The molecule has 0 heterocycles. The average molecular weight is 153 g/mol. The van der Waals surface area contributed by atoms with Crippen molar-refractivity contribution in [2.45, 2.75) is 0 Å². The quantitative estimate of drug-likeness (QED) is 0.322. The first-order valence-electron chi connectivity index (χ1n) is 0.651. The molecule has 6 heteroatoms. The van der Waals surface area contributed by atoms with Crippen LogP contribution in [0.3, 0.4) is 0 Å². The van der Waals surface area contributed by atoms with Crippen LogP contribution in [-0.2, 0) is 4.57 Å². The van der Waals surface area contributed by atoms with Crippen molar-refractivity contribution in [3.8, 4) is 0 Å². The molecule has 0 unspecified atom stereocenters. The first kappa shape index (κ1) is 15.7. The summed E-state index contributed by atoms with van der Waals surface area (Å²) in [5.41, 5.74) is 0. The Bertz CT molecular complexity index is 40.3. The number of rotatable bonds is 0. The fraction of sp³-hybridized carbons (Fsp3) is 0. The van der Waals surface area contributed by atoms with E-state index in [0.717, 1.165) is 0 Å². The van der Waals surface area contributed by atoms with Gasteiger partial charge in [-0.25, -0.2) is 0 Å². The molecule has 2 N–H and O–H groups in total. The maximum atomic E-state index is 8.74. The maximum Gasteiger partial charge on any atom is 2.00 e. The van der Waals surface area contributed by atoms with Gasteiger partial charge < -0.3 is 12.6 Å². The van der Waals surface area contributed by atoms with Gasteiger partial charge in [-0.2, -0.15) is 0 Å². The molecule has 0 bridgehead atoms. The van der Waals surface area contributed by atoms with E-state index >= 15 is 0 Å². The fourth-order valence-electron chi connectivity index (χ4n) is 0. The molecule has 0 fully saturated rings. The second-order valence-electron chi connectivity index (χ2n) is 0.283. The normalized spacial score (nSPS) is 5.83. The van der Waals surface area contributed by atoms with E-state index in [1.54, 1.807) is 0 Å². The molecule has 35 valence electrons. The predicted octanol–water partition coefficient (Wildman–Crippen LogP) is -1.71. The summed E-state index contributed by atoms with van der Waals surface area (Å²) >= 11 is 0. The zero-order valence-electron chi connectivity index (χ0n) is 5.51. The molecule has 0 saturated carbocycles. The van der Waals surface area contributed by atoms with Gasteiger partial charge in [-0.15, -0.1) is 0 Å². The molecule has 0 aliphatic heterocycles. The molecule has 0 aliphatic carbocycles. The summed E-state index contributed by atoms with van der Waals surface area (Å²) in [5, 5.41) is 0. The molecule has 0 spiro atoms. The molecule has 0 amide bonds. The number of hydrogen-bond acceptors (Lipinski definition) is 1. The minimum Gasteiger partial charge on any atom is -1.00 e.